The molecule has 3 nitrogen and oxygen atoms in total. The molecule has 1 saturated carbocycles. The molecule has 0 spiro atoms. The van der Waals surface area contributed by atoms with Crippen molar-refractivity contribution in [1.29, 1.82) is 0 Å². The number of allylic oxidation sites excluding steroid dienone is 2. The average molecular weight is 320 g/mol. The van der Waals surface area contributed by atoms with Gasteiger partial charge < -0.3 is 15.3 Å². The van der Waals surface area contributed by atoms with Crippen LogP contribution in [0.4, 0.5) is 0 Å². The van der Waals surface area contributed by atoms with Gasteiger partial charge in [0.05, 0.1) is 24.2 Å². The lowest BCUT2D eigenvalue weighted by Crippen LogP contribution is -2.52. The summed E-state index contributed by atoms with van der Waals surface area (Å²) in [6.07, 6.45) is 5.51. The number of aliphatic hydroxyl groups is 3. The van der Waals surface area contributed by atoms with Crippen LogP contribution >= 0.6 is 0 Å². The molecule has 6 atom stereocenters. The third-order valence-corrected chi connectivity index (χ3v) is 7.10. The van der Waals surface area contributed by atoms with Crippen LogP contribution in [-0.2, 0) is 0 Å². The molecule has 3 heteroatoms. The van der Waals surface area contributed by atoms with Crippen LogP contribution in [0.2, 0.25) is 0 Å². The first-order chi connectivity index (χ1) is 10.9. The Hall–Kier alpha value is -0.640. The molecule has 0 radical (unpaired) electrons. The molecule has 1 unspecified atom stereocenters. The van der Waals surface area contributed by atoms with Gasteiger partial charge in [0.15, 0.2) is 0 Å². The van der Waals surface area contributed by atoms with Crippen molar-refractivity contribution in [3.63, 3.8) is 0 Å². The molecular weight excluding hydrogens is 288 g/mol. The second kappa shape index (κ2) is 6.34. The first kappa shape index (κ1) is 17.2. The van der Waals surface area contributed by atoms with Gasteiger partial charge in [0.2, 0.25) is 0 Å². The average Bonchev–Trinajstić information content (AvgIpc) is 2.82. The van der Waals surface area contributed by atoms with Crippen LogP contribution in [0.15, 0.2) is 23.3 Å². The summed E-state index contributed by atoms with van der Waals surface area (Å²) in [5, 5.41) is 31.7. The van der Waals surface area contributed by atoms with Crippen LogP contribution < -0.4 is 0 Å². The van der Waals surface area contributed by atoms with E-state index in [1.54, 1.807) is 0 Å². The van der Waals surface area contributed by atoms with E-state index < -0.39 is 17.6 Å². The smallest absolute Gasteiger partial charge is 0.0686 e. The van der Waals surface area contributed by atoms with E-state index in [1.165, 1.54) is 23.1 Å². The van der Waals surface area contributed by atoms with Crippen LogP contribution in [0.1, 0.15) is 58.8 Å². The Kier molecular flexibility index (Phi) is 4.74. The maximum Gasteiger partial charge on any atom is 0.0686 e. The van der Waals surface area contributed by atoms with Crippen molar-refractivity contribution < 1.29 is 15.3 Å². The van der Waals surface area contributed by atoms with Crippen LogP contribution in [-0.4, -0.2) is 34.1 Å². The summed E-state index contributed by atoms with van der Waals surface area (Å²) < 4.78 is 0. The van der Waals surface area contributed by atoms with Gasteiger partial charge in [-0.25, -0.2) is 0 Å². The Morgan fingerprint density at radius 1 is 1.17 bits per heavy atom. The minimum Gasteiger partial charge on any atom is -0.396 e. The topological polar surface area (TPSA) is 60.7 Å². The fourth-order valence-electron chi connectivity index (χ4n) is 5.56. The molecule has 0 aliphatic heterocycles. The molecule has 3 aliphatic rings. The molecule has 130 valence electrons. The van der Waals surface area contributed by atoms with E-state index in [4.69, 9.17) is 0 Å². The lowest BCUT2D eigenvalue weighted by Gasteiger charge is -2.47. The summed E-state index contributed by atoms with van der Waals surface area (Å²) in [5.41, 5.74) is 3.07. The molecular formula is C20H32O3. The van der Waals surface area contributed by atoms with Gasteiger partial charge in [0.25, 0.3) is 0 Å². The molecule has 1 fully saturated rings. The largest absolute Gasteiger partial charge is 0.396 e. The van der Waals surface area contributed by atoms with Crippen LogP contribution in [0.3, 0.4) is 0 Å². The summed E-state index contributed by atoms with van der Waals surface area (Å²) in [5.74, 6) is 0.936. The molecule has 3 rings (SSSR count). The minimum absolute atomic E-state index is 0.0437. The van der Waals surface area contributed by atoms with Crippen LogP contribution in [0.5, 0.6) is 0 Å². The molecule has 0 aromatic rings. The normalized spacial score (nSPS) is 45.1. The predicted octanol–water partition coefficient (Wildman–Crippen LogP) is 3.20. The lowest BCUT2D eigenvalue weighted by atomic mass is 9.61. The molecule has 23 heavy (non-hydrogen) atoms. The maximum atomic E-state index is 10.9. The first-order valence-corrected chi connectivity index (χ1v) is 9.25. The van der Waals surface area contributed by atoms with E-state index in [-0.39, 0.29) is 18.4 Å². The van der Waals surface area contributed by atoms with Gasteiger partial charge in [-0.15, -0.1) is 0 Å². The van der Waals surface area contributed by atoms with Gasteiger partial charge in [0.1, 0.15) is 0 Å². The zero-order valence-electron chi connectivity index (χ0n) is 14.6. The summed E-state index contributed by atoms with van der Waals surface area (Å²) >= 11 is 0. The highest BCUT2D eigenvalue weighted by Crippen LogP contribution is 2.59. The van der Waals surface area contributed by atoms with Crippen molar-refractivity contribution in [2.45, 2.75) is 71.0 Å². The fourth-order valence-corrected chi connectivity index (χ4v) is 5.56. The summed E-state index contributed by atoms with van der Waals surface area (Å²) in [6.45, 7) is 8.67. The molecule has 0 aromatic heterocycles. The zero-order chi connectivity index (χ0) is 16.8. The van der Waals surface area contributed by atoms with E-state index in [0.717, 1.165) is 25.7 Å². The van der Waals surface area contributed by atoms with Crippen LogP contribution in [0, 0.1) is 23.2 Å². The quantitative estimate of drug-likeness (QED) is 0.650. The van der Waals surface area contributed by atoms with Crippen molar-refractivity contribution in [2.24, 2.45) is 23.2 Å². The summed E-state index contributed by atoms with van der Waals surface area (Å²) in [4.78, 5) is 0. The first-order valence-electron chi connectivity index (χ1n) is 9.25. The number of hydrogen-bond acceptors (Lipinski definition) is 3. The number of aliphatic hydroxyl groups excluding tert-OH is 3. The van der Waals surface area contributed by atoms with Crippen molar-refractivity contribution in [3.8, 4) is 0 Å². The van der Waals surface area contributed by atoms with Gasteiger partial charge in [0, 0.05) is 0 Å². The SMILES string of the molecule is C=C1CCCC(C)CCC2=C(C)[C@@H]3[C@H]1C[C@@H](O)[C@]3(CO)[C@@H](O)C2. The molecule has 3 N–H and O–H groups in total. The second-order valence-electron chi connectivity index (χ2n) is 8.31. The third-order valence-electron chi connectivity index (χ3n) is 7.10. The van der Waals surface area contributed by atoms with Crippen molar-refractivity contribution in [3.05, 3.63) is 23.3 Å². The summed E-state index contributed by atoms with van der Waals surface area (Å²) in [7, 11) is 0. The lowest BCUT2D eigenvalue weighted by molar-refractivity contribution is -0.106. The van der Waals surface area contributed by atoms with Crippen molar-refractivity contribution >= 4 is 0 Å². The van der Waals surface area contributed by atoms with Gasteiger partial charge in [-0.1, -0.05) is 36.6 Å². The zero-order valence-corrected chi connectivity index (χ0v) is 14.6. The highest BCUT2D eigenvalue weighted by atomic mass is 16.3. The molecule has 3 aliphatic carbocycles. The van der Waals surface area contributed by atoms with Gasteiger partial charge in [-0.05, 0) is 63.2 Å². The predicted molar refractivity (Wildman–Crippen MR) is 91.8 cm³/mol. The van der Waals surface area contributed by atoms with E-state index in [9.17, 15) is 15.3 Å². The highest BCUT2D eigenvalue weighted by Gasteiger charge is 2.60. The Balaban J connectivity index is 2.07. The van der Waals surface area contributed by atoms with Crippen LogP contribution in [0.25, 0.3) is 0 Å². The van der Waals surface area contributed by atoms with E-state index in [0.29, 0.717) is 18.8 Å². The minimum atomic E-state index is -0.791. The molecule has 0 aromatic carbocycles. The number of rotatable bonds is 1. The van der Waals surface area contributed by atoms with Crippen molar-refractivity contribution in [1.82, 2.24) is 0 Å². The third kappa shape index (κ3) is 2.61. The Morgan fingerprint density at radius 2 is 1.91 bits per heavy atom. The fraction of sp³-hybridized carbons (Fsp3) is 0.800. The van der Waals surface area contributed by atoms with Gasteiger partial charge in [-0.2, -0.15) is 0 Å². The highest BCUT2D eigenvalue weighted by molar-refractivity contribution is 5.32. The van der Waals surface area contributed by atoms with Gasteiger partial charge >= 0.3 is 0 Å². The van der Waals surface area contributed by atoms with Gasteiger partial charge in [-0.3, -0.25) is 0 Å². The van der Waals surface area contributed by atoms with E-state index >= 15 is 0 Å². The Morgan fingerprint density at radius 3 is 2.61 bits per heavy atom. The second-order valence-corrected chi connectivity index (χ2v) is 8.31. The maximum absolute atomic E-state index is 10.9. The van der Waals surface area contributed by atoms with E-state index in [1.807, 2.05) is 0 Å². The Bertz CT molecular complexity index is 509. The molecule has 2 bridgehead atoms. The Labute approximate surface area is 140 Å². The van der Waals surface area contributed by atoms with Crippen molar-refractivity contribution in [2.75, 3.05) is 6.61 Å². The molecule has 0 amide bonds. The standard InChI is InChI=1S/C20H32O3/c1-12-5-4-6-13(2)16-10-18(23)20(11-21)17(22)9-15(8-7-12)14(3)19(16)20/h12,16-19,21-23H,2,4-11H2,1,3H3/t12?,16-,17-,18+,19+,20-/m0/s1. The molecule has 0 saturated heterocycles. The molecule has 0 heterocycles. The summed E-state index contributed by atoms with van der Waals surface area (Å²) in [6, 6.07) is 0. The van der Waals surface area contributed by atoms with E-state index in [2.05, 4.69) is 20.4 Å². The monoisotopic (exact) mass is 320 g/mol. The number of hydrogen-bond donors (Lipinski definition) is 3.